The van der Waals surface area contributed by atoms with Gasteiger partial charge in [-0.3, -0.25) is 0 Å². The van der Waals surface area contributed by atoms with Crippen LogP contribution in [0.25, 0.3) is 11.0 Å². The molecule has 0 atom stereocenters. The molecule has 1 aliphatic rings. The molecule has 1 aromatic carbocycles. The molecule has 3 aromatic rings. The van der Waals surface area contributed by atoms with Gasteiger partial charge in [-0.15, -0.1) is 0 Å². The summed E-state index contributed by atoms with van der Waals surface area (Å²) in [7, 11) is 1.98. The van der Waals surface area contributed by atoms with E-state index >= 15 is 0 Å². The van der Waals surface area contributed by atoms with Crippen LogP contribution in [0.2, 0.25) is 0 Å². The van der Waals surface area contributed by atoms with E-state index in [9.17, 15) is 0 Å². The monoisotopic (exact) mass is 325 g/mol. The van der Waals surface area contributed by atoms with E-state index in [0.717, 1.165) is 41.0 Å². The van der Waals surface area contributed by atoms with E-state index in [0.29, 0.717) is 18.4 Å². The summed E-state index contributed by atoms with van der Waals surface area (Å²) in [6.45, 7) is 0.670. The highest BCUT2D eigenvalue weighted by Gasteiger charge is 2.29. The Kier molecular flexibility index (Phi) is 3.53. The lowest BCUT2D eigenvalue weighted by atomic mass is 9.78. The van der Waals surface area contributed by atoms with Crippen molar-refractivity contribution >= 4 is 22.8 Å². The van der Waals surface area contributed by atoms with Crippen molar-refractivity contribution in [2.75, 3.05) is 17.7 Å². The van der Waals surface area contributed by atoms with Gasteiger partial charge in [0.1, 0.15) is 16.9 Å². The van der Waals surface area contributed by atoms with Crippen LogP contribution in [-0.2, 0) is 6.54 Å². The molecule has 2 heterocycles. The fourth-order valence-corrected chi connectivity index (χ4v) is 3.06. The summed E-state index contributed by atoms with van der Waals surface area (Å²) in [5, 5.41) is 7.69. The first-order valence-electron chi connectivity index (χ1n) is 7.91. The Bertz CT molecular complexity index is 872. The fraction of sp³-hybridized carbons (Fsp3) is 0.375. The van der Waals surface area contributed by atoms with Gasteiger partial charge >= 0.3 is 0 Å². The second-order valence-corrected chi connectivity index (χ2v) is 6.38. The van der Waals surface area contributed by atoms with Gasteiger partial charge in [-0.05, 0) is 40.9 Å². The van der Waals surface area contributed by atoms with Gasteiger partial charge in [0.05, 0.1) is 5.69 Å². The fourth-order valence-electron chi connectivity index (χ4n) is 3.06. The largest absolute Gasteiger partial charge is 0.368 e. The van der Waals surface area contributed by atoms with Crippen molar-refractivity contribution < 1.29 is 4.63 Å². The van der Waals surface area contributed by atoms with Crippen LogP contribution in [-0.4, -0.2) is 33.4 Å². The normalized spacial score (nSPS) is 20.1. The Hall–Kier alpha value is -2.74. The number of rotatable bonds is 4. The Balaban J connectivity index is 1.55. The predicted octanol–water partition coefficient (Wildman–Crippen LogP) is 1.44. The highest BCUT2D eigenvalue weighted by molar-refractivity contribution is 5.73. The summed E-state index contributed by atoms with van der Waals surface area (Å²) in [6, 6.07) is 8.13. The maximum absolute atomic E-state index is 5.89. The van der Waals surface area contributed by atoms with Crippen LogP contribution in [0.5, 0.6) is 0 Å². The molecule has 1 aliphatic carbocycles. The smallest absolute Gasteiger partial charge is 0.222 e. The first kappa shape index (κ1) is 14.8. The Morgan fingerprint density at radius 1 is 1.17 bits per heavy atom. The molecule has 4 N–H and O–H groups in total. The van der Waals surface area contributed by atoms with Gasteiger partial charge in [-0.25, -0.2) is 9.61 Å². The molecule has 1 fully saturated rings. The molecular formula is C16H19N7O. The Labute approximate surface area is 138 Å². The SMILES string of the molecule is CN(Cc1ccc2nonc2c1)c1cc(C2CC(N)C2)nc(N)n1. The highest BCUT2D eigenvalue weighted by atomic mass is 16.6. The third kappa shape index (κ3) is 2.76. The zero-order valence-corrected chi connectivity index (χ0v) is 13.4. The molecule has 0 saturated heterocycles. The molecular weight excluding hydrogens is 306 g/mol. The molecule has 0 radical (unpaired) electrons. The number of hydrogen-bond acceptors (Lipinski definition) is 8. The van der Waals surface area contributed by atoms with E-state index in [4.69, 9.17) is 16.1 Å². The number of aromatic nitrogens is 4. The summed E-state index contributed by atoms with van der Waals surface area (Å²) in [5.41, 5.74) is 15.3. The second-order valence-electron chi connectivity index (χ2n) is 6.38. The average molecular weight is 325 g/mol. The van der Waals surface area contributed by atoms with Gasteiger partial charge in [-0.1, -0.05) is 6.07 Å². The Morgan fingerprint density at radius 3 is 2.75 bits per heavy atom. The van der Waals surface area contributed by atoms with Crippen molar-refractivity contribution in [2.24, 2.45) is 5.73 Å². The number of fused-ring (bicyclic) bond motifs is 1. The minimum atomic E-state index is 0.273. The van der Waals surface area contributed by atoms with Gasteiger partial charge in [-0.2, -0.15) is 4.98 Å². The lowest BCUT2D eigenvalue weighted by Crippen LogP contribution is -2.35. The lowest BCUT2D eigenvalue weighted by Gasteiger charge is -2.32. The molecule has 24 heavy (non-hydrogen) atoms. The standard InChI is InChI=1S/C16H19N7O/c1-23(8-9-2-3-12-14(4-9)22-24-21-12)15-7-13(19-16(18)20-15)10-5-11(17)6-10/h2-4,7,10-11H,5-6,8,17H2,1H3,(H2,18,19,20). The van der Waals surface area contributed by atoms with Gasteiger partial charge in [0, 0.05) is 31.6 Å². The van der Waals surface area contributed by atoms with Crippen molar-refractivity contribution in [1.82, 2.24) is 20.3 Å². The number of hydrogen-bond donors (Lipinski definition) is 2. The van der Waals surface area contributed by atoms with Gasteiger partial charge in [0.15, 0.2) is 0 Å². The number of benzene rings is 1. The number of nitrogens with two attached hydrogens (primary N) is 2. The molecule has 0 bridgehead atoms. The molecule has 0 unspecified atom stereocenters. The summed E-state index contributed by atoms with van der Waals surface area (Å²) >= 11 is 0. The van der Waals surface area contributed by atoms with Crippen LogP contribution >= 0.6 is 0 Å². The molecule has 4 rings (SSSR count). The lowest BCUT2D eigenvalue weighted by molar-refractivity contribution is 0.315. The number of anilines is 2. The van der Waals surface area contributed by atoms with Crippen molar-refractivity contribution in [3.05, 3.63) is 35.5 Å². The predicted molar refractivity (Wildman–Crippen MR) is 90.3 cm³/mol. The second kappa shape index (κ2) is 5.72. The maximum atomic E-state index is 5.89. The zero-order chi connectivity index (χ0) is 16.7. The molecule has 0 amide bonds. The molecule has 1 saturated carbocycles. The average Bonchev–Trinajstić information content (AvgIpc) is 2.99. The van der Waals surface area contributed by atoms with Crippen LogP contribution in [0, 0.1) is 0 Å². The number of nitrogen functional groups attached to an aromatic ring is 1. The zero-order valence-electron chi connectivity index (χ0n) is 13.4. The number of nitrogens with zero attached hydrogens (tertiary/aromatic N) is 5. The van der Waals surface area contributed by atoms with Crippen LogP contribution in [0.3, 0.4) is 0 Å². The quantitative estimate of drug-likeness (QED) is 0.739. The van der Waals surface area contributed by atoms with Crippen LogP contribution in [0.4, 0.5) is 11.8 Å². The van der Waals surface area contributed by atoms with Crippen molar-refractivity contribution in [3.63, 3.8) is 0 Å². The molecule has 2 aromatic heterocycles. The van der Waals surface area contributed by atoms with Crippen LogP contribution < -0.4 is 16.4 Å². The van der Waals surface area contributed by atoms with Crippen molar-refractivity contribution in [2.45, 2.75) is 31.3 Å². The first-order chi connectivity index (χ1) is 11.6. The van der Waals surface area contributed by atoms with Crippen molar-refractivity contribution in [1.29, 1.82) is 0 Å². The third-order valence-corrected chi connectivity index (χ3v) is 4.47. The first-order valence-corrected chi connectivity index (χ1v) is 7.91. The van der Waals surface area contributed by atoms with Crippen molar-refractivity contribution in [3.8, 4) is 0 Å². The van der Waals surface area contributed by atoms with E-state index in [1.54, 1.807) is 0 Å². The van der Waals surface area contributed by atoms with E-state index in [1.807, 2.05) is 36.2 Å². The summed E-state index contributed by atoms with van der Waals surface area (Å²) in [4.78, 5) is 10.8. The van der Waals surface area contributed by atoms with E-state index in [1.165, 1.54) is 0 Å². The van der Waals surface area contributed by atoms with Crippen LogP contribution in [0.1, 0.15) is 30.0 Å². The Morgan fingerprint density at radius 2 is 1.96 bits per heavy atom. The highest BCUT2D eigenvalue weighted by Crippen LogP contribution is 2.35. The maximum Gasteiger partial charge on any atom is 0.222 e. The molecule has 124 valence electrons. The third-order valence-electron chi connectivity index (χ3n) is 4.47. The van der Waals surface area contributed by atoms with Gasteiger partial charge in [0.25, 0.3) is 0 Å². The summed E-state index contributed by atoms with van der Waals surface area (Å²) < 4.78 is 4.73. The van der Waals surface area contributed by atoms with E-state index in [2.05, 4.69) is 20.3 Å². The van der Waals surface area contributed by atoms with Crippen LogP contribution in [0.15, 0.2) is 28.9 Å². The molecule has 8 nitrogen and oxygen atoms in total. The molecule has 0 spiro atoms. The van der Waals surface area contributed by atoms with Gasteiger partial charge < -0.3 is 16.4 Å². The minimum absolute atomic E-state index is 0.273. The topological polar surface area (TPSA) is 120 Å². The summed E-state index contributed by atoms with van der Waals surface area (Å²) in [6.07, 6.45) is 1.91. The molecule has 0 aliphatic heterocycles. The minimum Gasteiger partial charge on any atom is -0.368 e. The van der Waals surface area contributed by atoms with E-state index in [-0.39, 0.29) is 6.04 Å². The summed E-state index contributed by atoms with van der Waals surface area (Å²) in [5.74, 6) is 1.48. The molecule has 8 heteroatoms. The van der Waals surface area contributed by atoms with E-state index < -0.39 is 0 Å². The van der Waals surface area contributed by atoms with Gasteiger partial charge in [0.2, 0.25) is 5.95 Å².